The van der Waals surface area contributed by atoms with Crippen LogP contribution in [-0.2, 0) is 6.54 Å². The van der Waals surface area contributed by atoms with Crippen LogP contribution >= 0.6 is 0 Å². The Morgan fingerprint density at radius 3 is 2.83 bits per heavy atom. The highest BCUT2D eigenvalue weighted by molar-refractivity contribution is 5.93. The van der Waals surface area contributed by atoms with E-state index in [1.165, 1.54) is 12.8 Å². The number of nitrogens with one attached hydrogen (secondary N) is 2. The van der Waals surface area contributed by atoms with Crippen LogP contribution in [0.2, 0.25) is 0 Å². The molecule has 0 aromatic carbocycles. The van der Waals surface area contributed by atoms with Gasteiger partial charge in [0.1, 0.15) is 17.3 Å². The Kier molecular flexibility index (Phi) is 4.80. The summed E-state index contributed by atoms with van der Waals surface area (Å²) in [6, 6.07) is 7.73. The second kappa shape index (κ2) is 7.17. The van der Waals surface area contributed by atoms with Crippen molar-refractivity contribution in [2.24, 2.45) is 0 Å². The average Bonchev–Trinajstić information content (AvgIpc) is 3.06. The van der Waals surface area contributed by atoms with Gasteiger partial charge in [-0.25, -0.2) is 9.97 Å². The van der Waals surface area contributed by atoms with Crippen molar-refractivity contribution in [1.29, 1.82) is 0 Å². The fraction of sp³-hybridized carbons (Fsp3) is 0.412. The SMILES string of the molecule is Cc1nc(NCc2ccccn2)cc(C(=O)NC2CCCC2)n1. The van der Waals surface area contributed by atoms with Crippen molar-refractivity contribution >= 4 is 11.7 Å². The molecular weight excluding hydrogens is 290 g/mol. The topological polar surface area (TPSA) is 79.8 Å². The molecule has 1 amide bonds. The summed E-state index contributed by atoms with van der Waals surface area (Å²) in [5.74, 6) is 1.09. The van der Waals surface area contributed by atoms with Crippen LogP contribution in [0, 0.1) is 6.92 Å². The molecule has 0 aliphatic heterocycles. The van der Waals surface area contributed by atoms with Crippen molar-refractivity contribution in [2.45, 2.75) is 45.2 Å². The van der Waals surface area contributed by atoms with E-state index in [-0.39, 0.29) is 11.9 Å². The standard InChI is InChI=1S/C17H21N5O/c1-12-20-15(17(23)22-13-6-2-3-7-13)10-16(21-12)19-11-14-8-4-5-9-18-14/h4-5,8-10,13H,2-3,6-7,11H2,1H3,(H,22,23)(H,19,20,21). The van der Waals surface area contributed by atoms with Crippen molar-refractivity contribution in [3.8, 4) is 0 Å². The van der Waals surface area contributed by atoms with Gasteiger partial charge < -0.3 is 10.6 Å². The largest absolute Gasteiger partial charge is 0.364 e. The predicted octanol–water partition coefficient (Wildman–Crippen LogP) is 2.46. The van der Waals surface area contributed by atoms with E-state index in [1.807, 2.05) is 18.2 Å². The molecule has 6 nitrogen and oxygen atoms in total. The van der Waals surface area contributed by atoms with Crippen LogP contribution < -0.4 is 10.6 Å². The molecule has 1 aliphatic rings. The Bertz CT molecular complexity index is 668. The number of anilines is 1. The van der Waals surface area contributed by atoms with Gasteiger partial charge in [-0.1, -0.05) is 18.9 Å². The number of amides is 1. The Morgan fingerprint density at radius 1 is 1.26 bits per heavy atom. The molecule has 1 aliphatic carbocycles. The third kappa shape index (κ3) is 4.25. The number of rotatable bonds is 5. The second-order valence-electron chi connectivity index (χ2n) is 5.82. The van der Waals surface area contributed by atoms with Crippen LogP contribution in [0.15, 0.2) is 30.5 Å². The van der Waals surface area contributed by atoms with E-state index in [0.29, 0.717) is 23.9 Å². The van der Waals surface area contributed by atoms with Gasteiger partial charge >= 0.3 is 0 Å². The molecule has 2 N–H and O–H groups in total. The van der Waals surface area contributed by atoms with Gasteiger partial charge in [-0.15, -0.1) is 0 Å². The molecular formula is C17H21N5O. The number of hydrogen-bond donors (Lipinski definition) is 2. The maximum Gasteiger partial charge on any atom is 0.270 e. The first-order valence-electron chi connectivity index (χ1n) is 8.01. The summed E-state index contributed by atoms with van der Waals surface area (Å²) in [5.41, 5.74) is 1.33. The van der Waals surface area contributed by atoms with Crippen molar-refractivity contribution in [3.63, 3.8) is 0 Å². The average molecular weight is 311 g/mol. The highest BCUT2D eigenvalue weighted by Crippen LogP contribution is 2.18. The Balaban J connectivity index is 1.67. The highest BCUT2D eigenvalue weighted by atomic mass is 16.1. The molecule has 0 saturated heterocycles. The number of carbonyl (C=O) groups excluding carboxylic acids is 1. The van der Waals surface area contributed by atoms with E-state index in [0.717, 1.165) is 18.5 Å². The van der Waals surface area contributed by atoms with E-state index >= 15 is 0 Å². The number of carbonyl (C=O) groups is 1. The molecule has 0 unspecified atom stereocenters. The third-order valence-electron chi connectivity index (χ3n) is 3.94. The number of nitrogens with zero attached hydrogens (tertiary/aromatic N) is 3. The lowest BCUT2D eigenvalue weighted by molar-refractivity contribution is 0.0932. The van der Waals surface area contributed by atoms with Gasteiger partial charge in [0.05, 0.1) is 12.2 Å². The maximum absolute atomic E-state index is 12.3. The number of pyridine rings is 1. The monoisotopic (exact) mass is 311 g/mol. The Labute approximate surface area is 135 Å². The fourth-order valence-electron chi connectivity index (χ4n) is 2.79. The summed E-state index contributed by atoms with van der Waals surface area (Å²) >= 11 is 0. The van der Waals surface area contributed by atoms with Crippen molar-refractivity contribution in [1.82, 2.24) is 20.3 Å². The molecule has 6 heteroatoms. The molecule has 0 atom stereocenters. The Hall–Kier alpha value is -2.50. The zero-order valence-electron chi connectivity index (χ0n) is 13.2. The molecule has 3 rings (SSSR count). The second-order valence-corrected chi connectivity index (χ2v) is 5.82. The minimum Gasteiger partial charge on any atom is -0.364 e. The molecule has 2 heterocycles. The van der Waals surface area contributed by atoms with Crippen LogP contribution in [0.4, 0.5) is 5.82 Å². The minimum atomic E-state index is -0.122. The van der Waals surface area contributed by atoms with Gasteiger partial charge in [-0.2, -0.15) is 0 Å². The summed E-state index contributed by atoms with van der Waals surface area (Å²) in [5, 5.41) is 6.25. The van der Waals surface area contributed by atoms with Gasteiger partial charge in [0.25, 0.3) is 5.91 Å². The molecule has 0 bridgehead atoms. The van der Waals surface area contributed by atoms with Gasteiger partial charge in [0.15, 0.2) is 0 Å². The van der Waals surface area contributed by atoms with Gasteiger partial charge in [0, 0.05) is 18.3 Å². The first kappa shape index (κ1) is 15.4. The zero-order chi connectivity index (χ0) is 16.1. The lowest BCUT2D eigenvalue weighted by Crippen LogP contribution is -2.33. The molecule has 1 fully saturated rings. The van der Waals surface area contributed by atoms with Crippen molar-refractivity contribution in [3.05, 3.63) is 47.7 Å². The van der Waals surface area contributed by atoms with Crippen LogP contribution in [-0.4, -0.2) is 26.9 Å². The predicted molar refractivity (Wildman–Crippen MR) is 88.1 cm³/mol. The van der Waals surface area contributed by atoms with Crippen LogP contribution in [0.3, 0.4) is 0 Å². The van der Waals surface area contributed by atoms with Crippen LogP contribution in [0.1, 0.15) is 47.7 Å². The first-order valence-corrected chi connectivity index (χ1v) is 8.01. The molecule has 2 aromatic heterocycles. The summed E-state index contributed by atoms with van der Waals surface area (Å²) in [4.78, 5) is 25.2. The maximum atomic E-state index is 12.3. The lowest BCUT2D eigenvalue weighted by Gasteiger charge is -2.12. The summed E-state index contributed by atoms with van der Waals surface area (Å²) in [7, 11) is 0. The first-order chi connectivity index (χ1) is 11.2. The van der Waals surface area contributed by atoms with Crippen molar-refractivity contribution in [2.75, 3.05) is 5.32 Å². The van der Waals surface area contributed by atoms with E-state index in [4.69, 9.17) is 0 Å². The number of hydrogen-bond acceptors (Lipinski definition) is 5. The molecule has 2 aromatic rings. The molecule has 0 radical (unpaired) electrons. The fourth-order valence-corrected chi connectivity index (χ4v) is 2.79. The number of aryl methyl sites for hydroxylation is 1. The number of aromatic nitrogens is 3. The van der Waals surface area contributed by atoms with E-state index in [1.54, 1.807) is 19.2 Å². The lowest BCUT2D eigenvalue weighted by atomic mass is 10.2. The molecule has 120 valence electrons. The third-order valence-corrected chi connectivity index (χ3v) is 3.94. The summed E-state index contributed by atoms with van der Waals surface area (Å²) < 4.78 is 0. The quantitative estimate of drug-likeness (QED) is 0.886. The van der Waals surface area contributed by atoms with E-state index in [9.17, 15) is 4.79 Å². The highest BCUT2D eigenvalue weighted by Gasteiger charge is 2.19. The summed E-state index contributed by atoms with van der Waals surface area (Å²) in [6.07, 6.45) is 6.24. The van der Waals surface area contributed by atoms with Crippen LogP contribution in [0.5, 0.6) is 0 Å². The normalized spacial score (nSPS) is 14.7. The molecule has 0 spiro atoms. The van der Waals surface area contributed by atoms with Crippen LogP contribution in [0.25, 0.3) is 0 Å². The van der Waals surface area contributed by atoms with Crippen molar-refractivity contribution < 1.29 is 4.79 Å². The van der Waals surface area contributed by atoms with E-state index < -0.39 is 0 Å². The minimum absolute atomic E-state index is 0.122. The summed E-state index contributed by atoms with van der Waals surface area (Å²) in [6.45, 7) is 2.35. The zero-order valence-corrected chi connectivity index (χ0v) is 13.2. The smallest absolute Gasteiger partial charge is 0.270 e. The molecule has 1 saturated carbocycles. The van der Waals surface area contributed by atoms with Gasteiger partial charge in [-0.05, 0) is 31.9 Å². The Morgan fingerprint density at radius 2 is 2.09 bits per heavy atom. The van der Waals surface area contributed by atoms with Gasteiger partial charge in [0.2, 0.25) is 0 Å². The molecule has 23 heavy (non-hydrogen) atoms. The van der Waals surface area contributed by atoms with Gasteiger partial charge in [-0.3, -0.25) is 9.78 Å². The van der Waals surface area contributed by atoms with E-state index in [2.05, 4.69) is 25.6 Å².